The van der Waals surface area contributed by atoms with Crippen molar-refractivity contribution in [2.24, 2.45) is 0 Å². The number of nitrogens with zero attached hydrogens (tertiary/aromatic N) is 1. The van der Waals surface area contributed by atoms with Crippen molar-refractivity contribution in [2.45, 2.75) is 25.7 Å². The fourth-order valence-electron chi connectivity index (χ4n) is 3.52. The minimum Gasteiger partial charge on any atom is -0.493 e. The molecular weight excluding hydrogens is 300 g/mol. The number of benzene rings is 2. The number of para-hydroxylation sites is 1. The predicted octanol–water partition coefficient (Wildman–Crippen LogP) is 3.67. The zero-order valence-electron chi connectivity index (χ0n) is 14.5. The molecule has 1 aliphatic rings. The first-order valence-electron chi connectivity index (χ1n) is 8.56. The minimum atomic E-state index is 0.617. The molecule has 2 aromatic rings. The Morgan fingerprint density at radius 1 is 1.12 bits per heavy atom. The fraction of sp³-hybridized carbons (Fsp3) is 0.400. The molecule has 2 aromatic carbocycles. The lowest BCUT2D eigenvalue weighted by Crippen LogP contribution is -2.30. The van der Waals surface area contributed by atoms with Gasteiger partial charge in [0.05, 0.1) is 19.9 Å². The van der Waals surface area contributed by atoms with Gasteiger partial charge in [0.25, 0.3) is 0 Å². The highest BCUT2D eigenvalue weighted by atomic mass is 16.5. The zero-order valence-corrected chi connectivity index (χ0v) is 14.5. The van der Waals surface area contributed by atoms with Crippen LogP contribution in [0.25, 0.3) is 0 Å². The summed E-state index contributed by atoms with van der Waals surface area (Å²) in [6, 6.07) is 12.8. The van der Waals surface area contributed by atoms with Crippen molar-refractivity contribution in [3.63, 3.8) is 0 Å². The van der Waals surface area contributed by atoms with Crippen molar-refractivity contribution >= 4 is 11.4 Å². The lowest BCUT2D eigenvalue weighted by Gasteiger charge is -2.31. The first kappa shape index (κ1) is 16.5. The predicted molar refractivity (Wildman–Crippen MR) is 99.3 cm³/mol. The third-order valence-electron chi connectivity index (χ3n) is 4.67. The van der Waals surface area contributed by atoms with Crippen LogP contribution in [0.4, 0.5) is 11.4 Å². The Morgan fingerprint density at radius 2 is 1.96 bits per heavy atom. The molecule has 0 spiro atoms. The van der Waals surface area contributed by atoms with E-state index in [0.29, 0.717) is 17.2 Å². The lowest BCUT2D eigenvalue weighted by molar-refractivity contribution is 0.356. The number of rotatable bonds is 6. The normalized spacial score (nSPS) is 13.5. The van der Waals surface area contributed by atoms with Crippen LogP contribution in [0.5, 0.6) is 11.5 Å². The summed E-state index contributed by atoms with van der Waals surface area (Å²) in [5, 5.41) is 0. The summed E-state index contributed by atoms with van der Waals surface area (Å²) in [5.41, 5.74) is 10.8. The molecule has 128 valence electrons. The van der Waals surface area contributed by atoms with E-state index in [1.54, 1.807) is 14.2 Å². The van der Waals surface area contributed by atoms with Crippen LogP contribution in [-0.4, -0.2) is 27.3 Å². The van der Waals surface area contributed by atoms with Gasteiger partial charge in [-0.3, -0.25) is 0 Å². The van der Waals surface area contributed by atoms with Crippen molar-refractivity contribution in [1.29, 1.82) is 0 Å². The quantitative estimate of drug-likeness (QED) is 0.823. The average Bonchev–Trinajstić information content (AvgIpc) is 2.61. The van der Waals surface area contributed by atoms with Crippen molar-refractivity contribution in [2.75, 3.05) is 37.9 Å². The number of aryl methyl sites for hydroxylation is 2. The highest BCUT2D eigenvalue weighted by molar-refractivity contribution is 5.62. The van der Waals surface area contributed by atoms with Crippen LogP contribution in [0.15, 0.2) is 36.4 Å². The second-order valence-electron chi connectivity index (χ2n) is 6.24. The highest BCUT2D eigenvalue weighted by Gasteiger charge is 2.16. The van der Waals surface area contributed by atoms with Gasteiger partial charge in [0.1, 0.15) is 0 Å². The number of nitrogen functional groups attached to an aromatic ring is 1. The first-order chi connectivity index (χ1) is 11.7. The Labute approximate surface area is 144 Å². The summed E-state index contributed by atoms with van der Waals surface area (Å²) >= 11 is 0. The molecule has 0 aliphatic carbocycles. The minimum absolute atomic E-state index is 0.617. The summed E-state index contributed by atoms with van der Waals surface area (Å²) in [7, 11) is 3.26. The van der Waals surface area contributed by atoms with E-state index in [2.05, 4.69) is 29.2 Å². The largest absolute Gasteiger partial charge is 0.493 e. The molecule has 4 nitrogen and oxygen atoms in total. The van der Waals surface area contributed by atoms with Crippen LogP contribution in [0, 0.1) is 0 Å². The van der Waals surface area contributed by atoms with Crippen LogP contribution in [0.1, 0.15) is 24.0 Å². The number of nitrogens with two attached hydrogens (primary N) is 1. The van der Waals surface area contributed by atoms with E-state index in [9.17, 15) is 0 Å². The number of hydrogen-bond donors (Lipinski definition) is 1. The van der Waals surface area contributed by atoms with Crippen molar-refractivity contribution in [3.05, 3.63) is 47.5 Å². The molecule has 0 atom stereocenters. The van der Waals surface area contributed by atoms with Crippen LogP contribution < -0.4 is 20.1 Å². The highest BCUT2D eigenvalue weighted by Crippen LogP contribution is 2.35. The van der Waals surface area contributed by atoms with E-state index in [1.165, 1.54) is 29.7 Å². The smallest absolute Gasteiger partial charge is 0.183 e. The van der Waals surface area contributed by atoms with Gasteiger partial charge in [0, 0.05) is 18.8 Å². The van der Waals surface area contributed by atoms with Gasteiger partial charge in [-0.25, -0.2) is 0 Å². The molecule has 3 rings (SSSR count). The standard InChI is InChI=1S/C20H26N2O2/c1-23-19-14-15(13-17(21)20(19)24-2)7-5-11-22-12-6-9-16-8-3-4-10-18(16)22/h3-4,8,10,13-14H,5-7,9,11-12,21H2,1-2H3. The van der Waals surface area contributed by atoms with Crippen molar-refractivity contribution in [3.8, 4) is 11.5 Å². The molecule has 0 bridgehead atoms. The summed E-state index contributed by atoms with van der Waals surface area (Å²) in [6.45, 7) is 2.20. The molecule has 1 heterocycles. The molecule has 1 aliphatic heterocycles. The molecule has 2 N–H and O–H groups in total. The molecule has 0 aromatic heterocycles. The van der Waals surface area contributed by atoms with E-state index in [4.69, 9.17) is 15.2 Å². The fourth-order valence-corrected chi connectivity index (χ4v) is 3.52. The number of fused-ring (bicyclic) bond motifs is 1. The topological polar surface area (TPSA) is 47.7 Å². The maximum atomic E-state index is 6.07. The summed E-state index contributed by atoms with van der Waals surface area (Å²) < 4.78 is 10.7. The molecule has 24 heavy (non-hydrogen) atoms. The molecule has 0 radical (unpaired) electrons. The Bertz CT molecular complexity index is 700. The molecule has 4 heteroatoms. The molecule has 0 saturated heterocycles. The SMILES string of the molecule is COc1cc(CCCN2CCCc3ccccc32)cc(N)c1OC. The van der Waals surface area contributed by atoms with E-state index in [-0.39, 0.29) is 0 Å². The van der Waals surface area contributed by atoms with Gasteiger partial charge in [0.15, 0.2) is 11.5 Å². The van der Waals surface area contributed by atoms with E-state index in [1.807, 2.05) is 12.1 Å². The molecule has 0 amide bonds. The summed E-state index contributed by atoms with van der Waals surface area (Å²) in [5.74, 6) is 1.32. The van der Waals surface area contributed by atoms with E-state index >= 15 is 0 Å². The maximum Gasteiger partial charge on any atom is 0.183 e. The third-order valence-corrected chi connectivity index (χ3v) is 4.67. The van der Waals surface area contributed by atoms with Gasteiger partial charge in [-0.05, 0) is 55.0 Å². The number of hydrogen-bond acceptors (Lipinski definition) is 4. The van der Waals surface area contributed by atoms with Gasteiger partial charge in [-0.2, -0.15) is 0 Å². The van der Waals surface area contributed by atoms with Gasteiger partial charge in [-0.15, -0.1) is 0 Å². The first-order valence-corrected chi connectivity index (χ1v) is 8.56. The number of ether oxygens (including phenoxy) is 2. The average molecular weight is 326 g/mol. The monoisotopic (exact) mass is 326 g/mol. The van der Waals surface area contributed by atoms with Crippen LogP contribution in [0.2, 0.25) is 0 Å². The van der Waals surface area contributed by atoms with Crippen molar-refractivity contribution in [1.82, 2.24) is 0 Å². The number of methoxy groups -OCH3 is 2. The summed E-state index contributed by atoms with van der Waals surface area (Å²) in [4.78, 5) is 2.50. The Kier molecular flexibility index (Phi) is 5.14. The molecule has 0 fully saturated rings. The van der Waals surface area contributed by atoms with Gasteiger partial charge in [0.2, 0.25) is 0 Å². The van der Waals surface area contributed by atoms with Crippen LogP contribution in [0.3, 0.4) is 0 Å². The van der Waals surface area contributed by atoms with E-state index in [0.717, 1.165) is 25.9 Å². The van der Waals surface area contributed by atoms with Gasteiger partial charge >= 0.3 is 0 Å². The third kappa shape index (κ3) is 3.42. The molecule has 0 unspecified atom stereocenters. The Morgan fingerprint density at radius 3 is 2.75 bits per heavy atom. The second-order valence-corrected chi connectivity index (χ2v) is 6.24. The van der Waals surface area contributed by atoms with E-state index < -0.39 is 0 Å². The maximum absolute atomic E-state index is 6.07. The van der Waals surface area contributed by atoms with Crippen LogP contribution >= 0.6 is 0 Å². The summed E-state index contributed by atoms with van der Waals surface area (Å²) in [6.07, 6.45) is 4.49. The second kappa shape index (κ2) is 7.47. The zero-order chi connectivity index (χ0) is 16.9. The van der Waals surface area contributed by atoms with Gasteiger partial charge < -0.3 is 20.1 Å². The van der Waals surface area contributed by atoms with Gasteiger partial charge in [-0.1, -0.05) is 18.2 Å². The number of anilines is 2. The van der Waals surface area contributed by atoms with Crippen molar-refractivity contribution < 1.29 is 9.47 Å². The Balaban J connectivity index is 1.64. The Hall–Kier alpha value is -2.36. The molecule has 0 saturated carbocycles. The van der Waals surface area contributed by atoms with Crippen LogP contribution in [-0.2, 0) is 12.8 Å². The lowest BCUT2D eigenvalue weighted by atomic mass is 10.0. The molecular formula is C20H26N2O2.